The zero-order valence-corrected chi connectivity index (χ0v) is 42.2. The maximum atomic E-state index is 13.0. The van der Waals surface area contributed by atoms with Gasteiger partial charge in [0.05, 0.1) is 26.4 Å². The van der Waals surface area contributed by atoms with Crippen molar-refractivity contribution in [3.63, 3.8) is 0 Å². The lowest BCUT2D eigenvalue weighted by molar-refractivity contribution is -0.145. The van der Waals surface area contributed by atoms with Crippen LogP contribution in [0, 0.1) is 0 Å². The van der Waals surface area contributed by atoms with E-state index in [1.807, 2.05) is 4.90 Å². The average molecular weight is 945 g/mol. The van der Waals surface area contributed by atoms with Gasteiger partial charge in [0.25, 0.3) is 0 Å². The predicted octanol–water partition coefficient (Wildman–Crippen LogP) is 10.3. The summed E-state index contributed by atoms with van der Waals surface area (Å²) in [5.74, 6) is -1.15. The number of hydrogen-bond acceptors (Lipinski definition) is 16. The smallest absolute Gasteiger partial charge is 0.466 e. The summed E-state index contributed by atoms with van der Waals surface area (Å²) in [5, 5.41) is 0. The lowest BCUT2D eigenvalue weighted by Crippen LogP contribution is -2.39. The van der Waals surface area contributed by atoms with Crippen LogP contribution in [0.15, 0.2) is 0 Å². The molecule has 0 fully saturated rings. The van der Waals surface area contributed by atoms with Crippen LogP contribution >= 0.6 is 0 Å². The van der Waals surface area contributed by atoms with Crippen LogP contribution in [0.1, 0.15) is 196 Å². The lowest BCUT2D eigenvalue weighted by Gasteiger charge is -2.26. The number of nitrogens with zero attached hydrogens (tertiary/aromatic N) is 2. The predicted molar refractivity (Wildman–Crippen MR) is 254 cm³/mol. The number of carbonyl (C=O) groups excluding carboxylic acids is 6. The second-order valence-corrected chi connectivity index (χ2v) is 16.8. The summed E-state index contributed by atoms with van der Waals surface area (Å²) in [5.41, 5.74) is 0. The van der Waals surface area contributed by atoms with Gasteiger partial charge in [-0.1, -0.05) is 92.9 Å². The third kappa shape index (κ3) is 39.5. The third-order valence-corrected chi connectivity index (χ3v) is 11.1. The molecule has 0 N–H and O–H groups in total. The summed E-state index contributed by atoms with van der Waals surface area (Å²) in [4.78, 5) is 79.3. The Balaban J connectivity index is 5.35. The Kier molecular flexibility index (Phi) is 42.6. The molecule has 386 valence electrons. The fraction of sp³-hybridized carbons (Fsp3) is 0.880. The van der Waals surface area contributed by atoms with Crippen LogP contribution in [-0.4, -0.2) is 137 Å². The Bertz CT molecular complexity index is 1090. The monoisotopic (exact) mass is 945 g/mol. The van der Waals surface area contributed by atoms with E-state index in [0.717, 1.165) is 96.7 Å². The van der Waals surface area contributed by atoms with Crippen LogP contribution in [-0.2, 0) is 57.1 Å². The number of carbonyl (C=O) groups is 6. The second kappa shape index (κ2) is 45.1. The van der Waals surface area contributed by atoms with Crippen LogP contribution in [0.25, 0.3) is 0 Å². The first-order chi connectivity index (χ1) is 32.0. The second-order valence-electron chi connectivity index (χ2n) is 16.8. The summed E-state index contributed by atoms with van der Waals surface area (Å²) < 4.78 is 43.8. The maximum absolute atomic E-state index is 13.0. The Morgan fingerprint density at radius 1 is 0.333 bits per heavy atom. The van der Waals surface area contributed by atoms with Crippen molar-refractivity contribution < 1.29 is 66.7 Å². The standard InChI is InChI=1S/C50H92N2O14/c1-7-13-17-37-59-45(53)29-21-25-43(26-22-30-46(54)60-38-18-14-8-2)65-49(57)63-41-35-52(34-33-51(11-5)12-6)36-42-64-50(58)66-44(27-23-31-47(55)61-39-19-15-9-3)28-24-32-48(56)62-40-20-16-10-4/h43-44H,7-42H2,1-6H3. The van der Waals surface area contributed by atoms with E-state index in [-0.39, 0.29) is 62.8 Å². The largest absolute Gasteiger partial charge is 0.508 e. The Hall–Kier alpha value is -3.66. The molecule has 0 aliphatic rings. The first kappa shape index (κ1) is 62.3. The van der Waals surface area contributed by atoms with Crippen LogP contribution < -0.4 is 0 Å². The Morgan fingerprint density at radius 3 is 0.894 bits per heavy atom. The summed E-state index contributed by atoms with van der Waals surface area (Å²) >= 11 is 0. The van der Waals surface area contributed by atoms with Crippen LogP contribution in [0.4, 0.5) is 9.59 Å². The number of ether oxygens (including phenoxy) is 8. The van der Waals surface area contributed by atoms with E-state index in [2.05, 4.69) is 46.4 Å². The molecule has 0 unspecified atom stereocenters. The van der Waals surface area contributed by atoms with Gasteiger partial charge in [0, 0.05) is 51.9 Å². The molecule has 0 aromatic carbocycles. The molecule has 0 saturated carbocycles. The zero-order valence-electron chi connectivity index (χ0n) is 42.2. The topological polar surface area (TPSA) is 183 Å². The molecule has 0 aliphatic heterocycles. The molecule has 0 bridgehead atoms. The van der Waals surface area contributed by atoms with Crippen molar-refractivity contribution >= 4 is 36.2 Å². The molecule has 0 saturated heterocycles. The Morgan fingerprint density at radius 2 is 0.621 bits per heavy atom. The van der Waals surface area contributed by atoms with Crippen molar-refractivity contribution in [2.75, 3.05) is 78.9 Å². The van der Waals surface area contributed by atoms with E-state index < -0.39 is 24.5 Å². The number of rotatable bonds is 45. The van der Waals surface area contributed by atoms with E-state index >= 15 is 0 Å². The van der Waals surface area contributed by atoms with Crippen molar-refractivity contribution in [1.29, 1.82) is 0 Å². The quantitative estimate of drug-likeness (QED) is 0.0319. The van der Waals surface area contributed by atoms with Gasteiger partial charge in [-0.2, -0.15) is 0 Å². The molecular weight excluding hydrogens is 853 g/mol. The van der Waals surface area contributed by atoms with Crippen molar-refractivity contribution in [3.8, 4) is 0 Å². The van der Waals surface area contributed by atoms with E-state index in [9.17, 15) is 28.8 Å². The maximum Gasteiger partial charge on any atom is 0.508 e. The van der Waals surface area contributed by atoms with E-state index in [0.29, 0.717) is 97.4 Å². The molecule has 0 aliphatic carbocycles. The van der Waals surface area contributed by atoms with Crippen molar-refractivity contribution in [1.82, 2.24) is 9.80 Å². The van der Waals surface area contributed by atoms with Crippen molar-refractivity contribution in [2.24, 2.45) is 0 Å². The zero-order chi connectivity index (χ0) is 48.9. The number of unbranched alkanes of at least 4 members (excludes halogenated alkanes) is 8. The molecule has 0 aromatic rings. The highest BCUT2D eigenvalue weighted by atomic mass is 16.7. The molecule has 0 rings (SSSR count). The Labute approximate surface area is 398 Å². The van der Waals surface area contributed by atoms with Gasteiger partial charge in [-0.05, 0) is 90.1 Å². The van der Waals surface area contributed by atoms with E-state index in [1.165, 1.54) is 0 Å². The number of esters is 4. The minimum atomic E-state index is -0.839. The minimum absolute atomic E-state index is 0.0204. The van der Waals surface area contributed by atoms with Crippen molar-refractivity contribution in [2.45, 2.75) is 208 Å². The highest BCUT2D eigenvalue weighted by molar-refractivity contribution is 5.70. The summed E-state index contributed by atoms with van der Waals surface area (Å²) in [6, 6.07) is 0. The first-order valence-electron chi connectivity index (χ1n) is 25.7. The van der Waals surface area contributed by atoms with Gasteiger partial charge in [0.2, 0.25) is 0 Å². The molecule has 0 heterocycles. The molecule has 0 amide bonds. The van der Waals surface area contributed by atoms with Crippen LogP contribution in [0.5, 0.6) is 0 Å². The number of likely N-dealkylation sites (N-methyl/N-ethyl adjacent to an activating group) is 1. The van der Waals surface area contributed by atoms with Gasteiger partial charge in [-0.3, -0.25) is 24.1 Å². The third-order valence-electron chi connectivity index (χ3n) is 11.1. The first-order valence-corrected chi connectivity index (χ1v) is 25.7. The highest BCUT2D eigenvalue weighted by Crippen LogP contribution is 2.17. The van der Waals surface area contributed by atoms with Gasteiger partial charge < -0.3 is 42.8 Å². The minimum Gasteiger partial charge on any atom is -0.466 e. The van der Waals surface area contributed by atoms with E-state index in [4.69, 9.17) is 37.9 Å². The molecule has 66 heavy (non-hydrogen) atoms. The average Bonchev–Trinajstić information content (AvgIpc) is 3.29. The summed E-state index contributed by atoms with van der Waals surface area (Å²) in [7, 11) is 0. The normalized spacial score (nSPS) is 11.2. The fourth-order valence-corrected chi connectivity index (χ4v) is 6.88. The van der Waals surface area contributed by atoms with Gasteiger partial charge >= 0.3 is 36.2 Å². The molecule has 16 nitrogen and oxygen atoms in total. The van der Waals surface area contributed by atoms with Crippen molar-refractivity contribution in [3.05, 3.63) is 0 Å². The van der Waals surface area contributed by atoms with Gasteiger partial charge in [-0.15, -0.1) is 0 Å². The lowest BCUT2D eigenvalue weighted by atomic mass is 10.1. The SMILES string of the molecule is CCCCCOC(=O)CCCC(CCCC(=O)OCCCCC)OC(=O)OCCN(CCOC(=O)OC(CCCC(=O)OCCCCC)CCCC(=O)OCCCCC)CCN(CC)CC. The van der Waals surface area contributed by atoms with E-state index in [1.54, 1.807) is 0 Å². The molecule has 0 radical (unpaired) electrons. The summed E-state index contributed by atoms with van der Waals surface area (Å²) in [6.45, 7) is 17.9. The molecule has 0 atom stereocenters. The van der Waals surface area contributed by atoms with Crippen LogP contribution in [0.2, 0.25) is 0 Å². The van der Waals surface area contributed by atoms with Gasteiger partial charge in [0.15, 0.2) is 0 Å². The van der Waals surface area contributed by atoms with Gasteiger partial charge in [0.1, 0.15) is 25.4 Å². The summed E-state index contributed by atoms with van der Waals surface area (Å²) in [6.07, 6.45) is 12.8. The molecular formula is C50H92N2O14. The number of hydrogen-bond donors (Lipinski definition) is 0. The van der Waals surface area contributed by atoms with Gasteiger partial charge in [-0.25, -0.2) is 9.59 Å². The highest BCUT2D eigenvalue weighted by Gasteiger charge is 2.21. The molecule has 16 heteroatoms. The molecule has 0 spiro atoms. The fourth-order valence-electron chi connectivity index (χ4n) is 6.88. The molecule has 0 aromatic heterocycles. The van der Waals surface area contributed by atoms with Crippen LogP contribution in [0.3, 0.4) is 0 Å².